The van der Waals surface area contributed by atoms with Crippen LogP contribution in [0.3, 0.4) is 0 Å². The summed E-state index contributed by atoms with van der Waals surface area (Å²) in [6.07, 6.45) is 2.88. The average Bonchev–Trinajstić information content (AvgIpc) is 3.07. The largest absolute Gasteiger partial charge is 0.368 e. The number of benzene rings is 1. The number of piperazine rings is 1. The minimum atomic E-state index is 0.690. The van der Waals surface area contributed by atoms with Crippen molar-refractivity contribution in [1.82, 2.24) is 20.0 Å². The van der Waals surface area contributed by atoms with Crippen molar-refractivity contribution >= 4 is 22.9 Å². The summed E-state index contributed by atoms with van der Waals surface area (Å²) in [6.45, 7) is 15.6. The van der Waals surface area contributed by atoms with Crippen LogP contribution >= 0.6 is 22.9 Å². The lowest BCUT2D eigenvalue weighted by atomic mass is 10.2. The Kier molecular flexibility index (Phi) is 5.56. The fourth-order valence-electron chi connectivity index (χ4n) is 2.77. The minimum Gasteiger partial charge on any atom is -0.368 e. The van der Waals surface area contributed by atoms with Gasteiger partial charge in [0.2, 0.25) is 0 Å². The summed E-state index contributed by atoms with van der Waals surface area (Å²) in [6, 6.07) is 7.70. The Morgan fingerprint density at radius 1 is 1.12 bits per heavy atom. The predicted molar refractivity (Wildman–Crippen MR) is 105 cm³/mol. The lowest BCUT2D eigenvalue weighted by Gasteiger charge is -2.40. The van der Waals surface area contributed by atoms with Gasteiger partial charge < -0.3 is 9.80 Å². The Morgan fingerprint density at radius 2 is 1.84 bits per heavy atom. The van der Waals surface area contributed by atoms with Crippen molar-refractivity contribution in [2.45, 2.75) is 13.0 Å². The highest BCUT2D eigenvalue weighted by Crippen LogP contribution is 2.31. The Balaban J connectivity index is 1.68. The molecule has 6 heteroatoms. The van der Waals surface area contributed by atoms with Crippen molar-refractivity contribution in [2.24, 2.45) is 0 Å². The molecule has 1 saturated heterocycles. The van der Waals surface area contributed by atoms with Crippen molar-refractivity contribution in [3.05, 3.63) is 71.5 Å². The molecule has 1 aromatic heterocycles. The van der Waals surface area contributed by atoms with Crippen LogP contribution in [0.15, 0.2) is 61.5 Å². The van der Waals surface area contributed by atoms with Crippen LogP contribution in [0.5, 0.6) is 0 Å². The van der Waals surface area contributed by atoms with Gasteiger partial charge in [0.05, 0.1) is 23.0 Å². The molecule has 1 aliphatic rings. The Labute approximate surface area is 157 Å². The van der Waals surface area contributed by atoms with E-state index in [0.717, 1.165) is 53.0 Å². The van der Waals surface area contributed by atoms with Gasteiger partial charge in [0, 0.05) is 25.2 Å². The van der Waals surface area contributed by atoms with E-state index in [9.17, 15) is 0 Å². The van der Waals surface area contributed by atoms with Crippen molar-refractivity contribution in [3.8, 4) is 10.6 Å². The molecule has 1 fully saturated rings. The first-order chi connectivity index (χ1) is 12.1. The van der Waals surface area contributed by atoms with Gasteiger partial charge in [0.15, 0.2) is 0 Å². The van der Waals surface area contributed by atoms with Gasteiger partial charge in [-0.1, -0.05) is 60.4 Å². The molecular weight excluding hydrogens is 352 g/mol. The van der Waals surface area contributed by atoms with Gasteiger partial charge >= 0.3 is 0 Å². The maximum Gasteiger partial charge on any atom is 0.149 e. The Morgan fingerprint density at radius 3 is 2.60 bits per heavy atom. The molecule has 0 saturated carbocycles. The maximum absolute atomic E-state index is 6.25. The van der Waals surface area contributed by atoms with Crippen molar-refractivity contribution in [1.29, 1.82) is 0 Å². The first-order valence-electron chi connectivity index (χ1n) is 8.16. The van der Waals surface area contributed by atoms with Crippen LogP contribution in [-0.2, 0) is 6.54 Å². The molecule has 1 aliphatic heterocycles. The summed E-state index contributed by atoms with van der Waals surface area (Å²) < 4.78 is 0. The third-order valence-electron chi connectivity index (χ3n) is 4.24. The lowest BCUT2D eigenvalue weighted by Crippen LogP contribution is -2.42. The average molecular weight is 373 g/mol. The van der Waals surface area contributed by atoms with Gasteiger partial charge in [-0.25, -0.2) is 0 Å². The van der Waals surface area contributed by atoms with E-state index in [4.69, 9.17) is 11.6 Å². The predicted octanol–water partition coefficient (Wildman–Crippen LogP) is 4.58. The number of hydrogen-bond acceptors (Lipinski definition) is 5. The summed E-state index contributed by atoms with van der Waals surface area (Å²) >= 11 is 7.82. The Hall–Kier alpha value is -2.11. The highest BCUT2D eigenvalue weighted by atomic mass is 35.5. The van der Waals surface area contributed by atoms with Gasteiger partial charge in [-0.2, -0.15) is 0 Å². The van der Waals surface area contributed by atoms with E-state index in [2.05, 4.69) is 39.7 Å². The molecule has 0 unspecified atom stereocenters. The number of rotatable bonds is 6. The summed E-state index contributed by atoms with van der Waals surface area (Å²) in [5.41, 5.74) is 2.85. The third kappa shape index (κ3) is 3.94. The molecule has 1 aromatic carbocycles. The minimum absolute atomic E-state index is 0.690. The quantitative estimate of drug-likeness (QED) is 0.695. The van der Waals surface area contributed by atoms with Crippen LogP contribution in [0.25, 0.3) is 10.6 Å². The summed E-state index contributed by atoms with van der Waals surface area (Å²) in [7, 11) is 0. The van der Waals surface area contributed by atoms with Crippen molar-refractivity contribution in [2.75, 3.05) is 19.6 Å². The van der Waals surface area contributed by atoms with Crippen LogP contribution < -0.4 is 0 Å². The molecule has 0 N–H and O–H groups in total. The second-order valence-electron chi connectivity index (χ2n) is 5.86. The van der Waals surface area contributed by atoms with E-state index in [1.165, 1.54) is 0 Å². The van der Waals surface area contributed by atoms with E-state index < -0.39 is 0 Å². The molecule has 130 valence electrons. The molecule has 25 heavy (non-hydrogen) atoms. The summed E-state index contributed by atoms with van der Waals surface area (Å²) in [5, 5.41) is 11.1. The van der Waals surface area contributed by atoms with Gasteiger partial charge in [0.25, 0.3) is 0 Å². The van der Waals surface area contributed by atoms with Crippen LogP contribution in [0, 0.1) is 0 Å². The van der Waals surface area contributed by atoms with Crippen LogP contribution in [-0.4, -0.2) is 39.6 Å². The van der Waals surface area contributed by atoms with Gasteiger partial charge in [-0.05, 0) is 12.5 Å². The number of halogens is 1. The molecule has 2 aromatic rings. The normalized spacial score (nSPS) is 14.9. The van der Waals surface area contributed by atoms with Crippen LogP contribution in [0.4, 0.5) is 0 Å². The van der Waals surface area contributed by atoms with Gasteiger partial charge in [0.1, 0.15) is 10.0 Å². The van der Waals surface area contributed by atoms with E-state index in [-0.39, 0.29) is 0 Å². The van der Waals surface area contributed by atoms with E-state index in [1.54, 1.807) is 11.3 Å². The first-order valence-corrected chi connectivity index (χ1v) is 9.36. The zero-order valence-corrected chi connectivity index (χ0v) is 15.7. The van der Waals surface area contributed by atoms with Gasteiger partial charge in [-0.15, -0.1) is 16.8 Å². The fraction of sp³-hybridized carbons (Fsp3) is 0.263. The molecule has 0 spiro atoms. The first kappa shape index (κ1) is 17.7. The van der Waals surface area contributed by atoms with E-state index >= 15 is 0 Å². The van der Waals surface area contributed by atoms with Crippen molar-refractivity contribution in [3.63, 3.8) is 0 Å². The van der Waals surface area contributed by atoms with Crippen LogP contribution in [0.1, 0.15) is 11.4 Å². The molecule has 4 nitrogen and oxygen atoms in total. The topological polar surface area (TPSA) is 32.3 Å². The monoisotopic (exact) mass is 372 g/mol. The number of hydrogen-bond donors (Lipinski definition) is 0. The molecule has 0 bridgehead atoms. The molecule has 0 atom stereocenters. The highest BCUT2D eigenvalue weighted by Gasteiger charge is 2.23. The Bertz CT molecular complexity index is 798. The molecule has 2 heterocycles. The summed E-state index contributed by atoms with van der Waals surface area (Å²) in [4.78, 5) is 4.47. The van der Waals surface area contributed by atoms with Crippen LogP contribution in [0.2, 0.25) is 5.02 Å². The third-order valence-corrected chi connectivity index (χ3v) is 5.51. The van der Waals surface area contributed by atoms with Gasteiger partial charge in [-0.3, -0.25) is 0 Å². The molecule has 0 radical (unpaired) electrons. The standard InChI is InChI=1S/C19H21ClN4S/c1-4-5-10-23-11-12-24(15(3)14(23)2)13-18-21-22-19(25-18)16-8-6-7-9-17(16)20/h4,6-9H,1-3,5,10-13H2. The smallest absolute Gasteiger partial charge is 0.149 e. The SMILES string of the molecule is C=CCCN1CCN(Cc2nnc(-c3ccccc3Cl)s2)C(=C)C1=C. The second kappa shape index (κ2) is 7.85. The fourth-order valence-corrected chi connectivity index (χ4v) is 3.95. The molecule has 0 aliphatic carbocycles. The van der Waals surface area contributed by atoms with Crippen molar-refractivity contribution < 1.29 is 0 Å². The highest BCUT2D eigenvalue weighted by molar-refractivity contribution is 7.14. The maximum atomic E-state index is 6.25. The lowest BCUT2D eigenvalue weighted by molar-refractivity contribution is 0.216. The van der Waals surface area contributed by atoms with E-state index in [1.807, 2.05) is 30.3 Å². The number of nitrogens with zero attached hydrogens (tertiary/aromatic N) is 4. The second-order valence-corrected chi connectivity index (χ2v) is 7.33. The molecule has 0 amide bonds. The zero-order chi connectivity index (χ0) is 17.8. The zero-order valence-electron chi connectivity index (χ0n) is 14.1. The summed E-state index contributed by atoms with van der Waals surface area (Å²) in [5.74, 6) is 0. The molecular formula is C19H21ClN4S. The molecule has 3 rings (SSSR count). The number of aromatic nitrogens is 2. The van der Waals surface area contributed by atoms with E-state index in [0.29, 0.717) is 11.6 Å².